The van der Waals surface area contributed by atoms with E-state index < -0.39 is 5.91 Å². The summed E-state index contributed by atoms with van der Waals surface area (Å²) < 4.78 is 0. The van der Waals surface area contributed by atoms with Crippen LogP contribution in [0.2, 0.25) is 0 Å². The van der Waals surface area contributed by atoms with Gasteiger partial charge in [0.05, 0.1) is 10.9 Å². The zero-order chi connectivity index (χ0) is 34.2. The number of aromatic nitrogens is 1. The number of anilines is 2. The van der Waals surface area contributed by atoms with Crippen LogP contribution in [0.15, 0.2) is 137 Å². The molecule has 1 aromatic heterocycles. The number of benzene rings is 5. The predicted octanol–water partition coefficient (Wildman–Crippen LogP) is 9.19. The van der Waals surface area contributed by atoms with E-state index in [9.17, 15) is 14.4 Å². The highest BCUT2D eigenvalue weighted by Gasteiger charge is 2.21. The number of amides is 3. The van der Waals surface area contributed by atoms with Crippen molar-refractivity contribution in [3.05, 3.63) is 149 Å². The molecule has 0 spiro atoms. The topological polar surface area (TPSA) is 100 Å². The van der Waals surface area contributed by atoms with Crippen molar-refractivity contribution in [1.29, 1.82) is 0 Å². The second-order valence-corrected chi connectivity index (χ2v) is 13.5. The summed E-state index contributed by atoms with van der Waals surface area (Å²) in [5.74, 6) is -1.000. The summed E-state index contributed by atoms with van der Waals surface area (Å²) in [7, 11) is 0. The first kappa shape index (κ1) is 33.4. The Hall–Kier alpha value is -5.51. The van der Waals surface area contributed by atoms with Gasteiger partial charge in [0, 0.05) is 27.1 Å². The second-order valence-electron chi connectivity index (χ2n) is 11.3. The summed E-state index contributed by atoms with van der Waals surface area (Å²) in [4.78, 5) is 45.5. The number of rotatable bonds is 11. The van der Waals surface area contributed by atoms with Crippen molar-refractivity contribution in [3.8, 4) is 11.3 Å². The Balaban J connectivity index is 1.13. The van der Waals surface area contributed by atoms with Gasteiger partial charge in [-0.05, 0) is 77.7 Å². The molecule has 1 unspecified atom stereocenters. The van der Waals surface area contributed by atoms with Gasteiger partial charge in [0.2, 0.25) is 5.91 Å². The van der Waals surface area contributed by atoms with E-state index in [0.717, 1.165) is 38.1 Å². The first-order chi connectivity index (χ1) is 23.9. The number of thioether (sulfide) groups is 1. The Labute approximate surface area is 293 Å². The Morgan fingerprint density at radius 1 is 0.816 bits per heavy atom. The van der Waals surface area contributed by atoms with Crippen LogP contribution in [0.1, 0.15) is 34.8 Å². The van der Waals surface area contributed by atoms with Gasteiger partial charge in [-0.3, -0.25) is 14.4 Å². The SMILES string of the molecule is CCC(Sc1cccc(NC(=O)/C(=C/c2ccccc2C)NC(=O)c2ccccc2)c1)C(=O)Nc1nc(-c2ccc3ccccc3c2)cs1. The average molecular weight is 683 g/mol. The molecule has 0 aliphatic rings. The summed E-state index contributed by atoms with van der Waals surface area (Å²) in [6.45, 7) is 3.91. The van der Waals surface area contributed by atoms with Gasteiger partial charge in [0.1, 0.15) is 5.70 Å². The summed E-state index contributed by atoms with van der Waals surface area (Å²) >= 11 is 2.81. The average Bonchev–Trinajstić information content (AvgIpc) is 3.59. The number of carbonyl (C=O) groups excluding carboxylic acids is 3. The minimum absolute atomic E-state index is 0.110. The van der Waals surface area contributed by atoms with Gasteiger partial charge in [0.25, 0.3) is 11.8 Å². The fraction of sp³-hybridized carbons (Fsp3) is 0.100. The smallest absolute Gasteiger partial charge is 0.272 e. The maximum absolute atomic E-state index is 13.6. The van der Waals surface area contributed by atoms with E-state index in [0.29, 0.717) is 22.8 Å². The lowest BCUT2D eigenvalue weighted by Crippen LogP contribution is -2.30. The monoisotopic (exact) mass is 682 g/mol. The Morgan fingerprint density at radius 2 is 1.57 bits per heavy atom. The molecule has 1 atom stereocenters. The summed E-state index contributed by atoms with van der Waals surface area (Å²) in [6.07, 6.45) is 2.26. The number of carbonyl (C=O) groups is 3. The molecule has 3 amide bonds. The molecule has 0 bridgehead atoms. The van der Waals surface area contributed by atoms with Crippen molar-refractivity contribution in [2.45, 2.75) is 30.4 Å². The molecule has 0 aliphatic heterocycles. The first-order valence-electron chi connectivity index (χ1n) is 15.8. The number of hydrogen-bond donors (Lipinski definition) is 3. The van der Waals surface area contributed by atoms with Crippen molar-refractivity contribution in [2.24, 2.45) is 0 Å². The van der Waals surface area contributed by atoms with Gasteiger partial charge < -0.3 is 16.0 Å². The number of hydrogen-bond acceptors (Lipinski definition) is 6. The van der Waals surface area contributed by atoms with Crippen LogP contribution >= 0.6 is 23.1 Å². The van der Waals surface area contributed by atoms with E-state index in [-0.39, 0.29) is 22.8 Å². The highest BCUT2D eigenvalue weighted by Crippen LogP contribution is 2.31. The number of aryl methyl sites for hydroxylation is 1. The zero-order valence-electron chi connectivity index (χ0n) is 27.0. The highest BCUT2D eigenvalue weighted by molar-refractivity contribution is 8.00. The molecule has 49 heavy (non-hydrogen) atoms. The van der Waals surface area contributed by atoms with Crippen molar-refractivity contribution in [2.75, 3.05) is 10.6 Å². The van der Waals surface area contributed by atoms with E-state index in [2.05, 4.69) is 45.2 Å². The molecule has 0 saturated heterocycles. The summed E-state index contributed by atoms with van der Waals surface area (Å²) in [5.41, 5.74) is 4.67. The third-order valence-corrected chi connectivity index (χ3v) is 9.95. The zero-order valence-corrected chi connectivity index (χ0v) is 28.6. The van der Waals surface area contributed by atoms with E-state index in [4.69, 9.17) is 0 Å². The van der Waals surface area contributed by atoms with E-state index >= 15 is 0 Å². The first-order valence-corrected chi connectivity index (χ1v) is 17.6. The molecule has 0 saturated carbocycles. The van der Waals surface area contributed by atoms with Gasteiger partial charge in [-0.2, -0.15) is 0 Å². The van der Waals surface area contributed by atoms with Gasteiger partial charge in [-0.15, -0.1) is 23.1 Å². The quantitative estimate of drug-likeness (QED) is 0.0935. The van der Waals surface area contributed by atoms with Crippen LogP contribution < -0.4 is 16.0 Å². The van der Waals surface area contributed by atoms with Gasteiger partial charge in [-0.25, -0.2) is 4.98 Å². The van der Waals surface area contributed by atoms with Crippen molar-refractivity contribution in [3.63, 3.8) is 0 Å². The third kappa shape index (κ3) is 8.51. The fourth-order valence-corrected chi connectivity index (χ4v) is 6.91. The third-order valence-electron chi connectivity index (χ3n) is 7.83. The minimum Gasteiger partial charge on any atom is -0.321 e. The normalized spacial score (nSPS) is 11.9. The molecule has 1 heterocycles. The van der Waals surface area contributed by atoms with Crippen LogP contribution in [-0.2, 0) is 9.59 Å². The molecule has 244 valence electrons. The highest BCUT2D eigenvalue weighted by atomic mass is 32.2. The Bertz CT molecular complexity index is 2160. The molecule has 7 nitrogen and oxygen atoms in total. The maximum atomic E-state index is 13.6. The van der Waals surface area contributed by atoms with Crippen LogP contribution in [0.5, 0.6) is 0 Å². The lowest BCUT2D eigenvalue weighted by Gasteiger charge is -2.15. The van der Waals surface area contributed by atoms with Crippen LogP contribution in [0.4, 0.5) is 10.8 Å². The van der Waals surface area contributed by atoms with Crippen LogP contribution in [0, 0.1) is 6.92 Å². The van der Waals surface area contributed by atoms with Crippen LogP contribution in [0.25, 0.3) is 28.1 Å². The number of nitrogens with one attached hydrogen (secondary N) is 3. The largest absolute Gasteiger partial charge is 0.321 e. The molecular weight excluding hydrogens is 649 g/mol. The molecule has 6 rings (SSSR count). The number of fused-ring (bicyclic) bond motifs is 1. The van der Waals surface area contributed by atoms with E-state index in [1.165, 1.54) is 23.1 Å². The van der Waals surface area contributed by atoms with Crippen LogP contribution in [-0.4, -0.2) is 28.0 Å². The van der Waals surface area contributed by atoms with Gasteiger partial charge >= 0.3 is 0 Å². The molecule has 0 aliphatic carbocycles. The lowest BCUT2D eigenvalue weighted by atomic mass is 10.1. The van der Waals surface area contributed by atoms with Gasteiger partial charge in [-0.1, -0.05) is 91.9 Å². The molecule has 9 heteroatoms. The molecule has 5 aromatic carbocycles. The van der Waals surface area contributed by atoms with E-state index in [1.807, 2.05) is 86.0 Å². The molecule has 0 fully saturated rings. The number of nitrogens with zero attached hydrogens (tertiary/aromatic N) is 1. The molecule has 0 radical (unpaired) electrons. The van der Waals surface area contributed by atoms with Crippen molar-refractivity contribution < 1.29 is 14.4 Å². The fourth-order valence-electron chi connectivity index (χ4n) is 5.18. The summed E-state index contributed by atoms with van der Waals surface area (Å²) in [6, 6.07) is 38.1. The standard InChI is InChI=1S/C40H34N4O3S2/c1-3-36(39(47)44-40-43-35(25-48-40)31-21-20-27-13-9-10-17-30(27)22-31)49-33-19-11-18-32(24-33)41-38(46)34(23-29-16-8-7-12-26(29)2)42-37(45)28-14-5-4-6-15-28/h4-25,36H,3H2,1-2H3,(H,41,46)(H,42,45)(H,43,44,47)/b34-23-. The Morgan fingerprint density at radius 3 is 2.37 bits per heavy atom. The van der Waals surface area contributed by atoms with Crippen LogP contribution in [0.3, 0.4) is 0 Å². The lowest BCUT2D eigenvalue weighted by molar-refractivity contribution is -0.116. The molecule has 3 N–H and O–H groups in total. The van der Waals surface area contributed by atoms with Gasteiger partial charge in [0.15, 0.2) is 5.13 Å². The molecule has 6 aromatic rings. The maximum Gasteiger partial charge on any atom is 0.272 e. The van der Waals surface area contributed by atoms with E-state index in [1.54, 1.807) is 36.4 Å². The van der Waals surface area contributed by atoms with Crippen molar-refractivity contribution >= 4 is 68.5 Å². The minimum atomic E-state index is -0.467. The number of thiazole rings is 1. The summed E-state index contributed by atoms with van der Waals surface area (Å²) in [5, 5.41) is 13.1. The second kappa shape index (κ2) is 15.6. The molecular formula is C40H34N4O3S2. The predicted molar refractivity (Wildman–Crippen MR) is 202 cm³/mol. The Kier molecular flexibility index (Phi) is 10.6. The van der Waals surface area contributed by atoms with Crippen molar-refractivity contribution in [1.82, 2.24) is 10.3 Å².